The van der Waals surface area contributed by atoms with Gasteiger partial charge < -0.3 is 15.4 Å². The summed E-state index contributed by atoms with van der Waals surface area (Å²) in [6.07, 6.45) is 3.21. The van der Waals surface area contributed by atoms with Crippen molar-refractivity contribution in [2.24, 2.45) is 0 Å². The number of ether oxygens (including phenoxy) is 1. The molecule has 0 atom stereocenters. The number of methoxy groups -OCH3 is 1. The van der Waals surface area contributed by atoms with Gasteiger partial charge in [0.05, 0.1) is 7.11 Å². The predicted octanol–water partition coefficient (Wildman–Crippen LogP) is 3.55. The summed E-state index contributed by atoms with van der Waals surface area (Å²) in [5.74, 6) is 0.505. The highest BCUT2D eigenvalue weighted by Crippen LogP contribution is 2.11. The smallest absolute Gasteiger partial charge is 0.251 e. The number of rotatable bonds is 9. The topological polar surface area (TPSA) is 67.4 Å². The number of unbranched alkanes of at least 4 members (excludes halogenated alkanes) is 2. The molecule has 138 valence electrons. The lowest BCUT2D eigenvalue weighted by atomic mass is 10.1. The zero-order chi connectivity index (χ0) is 18.8. The molecule has 0 aliphatic heterocycles. The van der Waals surface area contributed by atoms with Crippen molar-refractivity contribution in [2.45, 2.75) is 32.7 Å². The normalized spacial score (nSPS) is 10.2. The van der Waals surface area contributed by atoms with E-state index in [1.165, 1.54) is 0 Å². The summed E-state index contributed by atoms with van der Waals surface area (Å²) in [5, 5.41) is 5.76. The molecular formula is C21H26N2O3. The van der Waals surface area contributed by atoms with Gasteiger partial charge in [0.15, 0.2) is 0 Å². The van der Waals surface area contributed by atoms with Crippen LogP contribution in [0.3, 0.4) is 0 Å². The Hall–Kier alpha value is -2.82. The molecule has 26 heavy (non-hydrogen) atoms. The van der Waals surface area contributed by atoms with E-state index in [0.29, 0.717) is 24.2 Å². The van der Waals surface area contributed by atoms with Gasteiger partial charge >= 0.3 is 0 Å². The molecule has 2 rings (SSSR count). The maximum absolute atomic E-state index is 12.2. The fourth-order valence-electron chi connectivity index (χ4n) is 2.48. The molecule has 0 aliphatic rings. The van der Waals surface area contributed by atoms with Crippen molar-refractivity contribution in [1.82, 2.24) is 10.6 Å². The highest BCUT2D eigenvalue weighted by atomic mass is 16.5. The van der Waals surface area contributed by atoms with Crippen LogP contribution in [0.5, 0.6) is 5.75 Å². The van der Waals surface area contributed by atoms with Gasteiger partial charge in [0.2, 0.25) is 0 Å². The molecule has 2 N–H and O–H groups in total. The van der Waals surface area contributed by atoms with Gasteiger partial charge in [-0.25, -0.2) is 0 Å². The minimum absolute atomic E-state index is 0.105. The molecule has 0 fully saturated rings. The molecule has 0 unspecified atom stereocenters. The lowest BCUT2D eigenvalue weighted by molar-refractivity contribution is 0.0940. The first-order chi connectivity index (χ1) is 12.6. The number of carbonyl (C=O) groups excluding carboxylic acids is 2. The molecule has 0 bridgehead atoms. The van der Waals surface area contributed by atoms with Crippen LogP contribution >= 0.6 is 0 Å². The van der Waals surface area contributed by atoms with Crippen LogP contribution in [-0.4, -0.2) is 25.5 Å². The van der Waals surface area contributed by atoms with E-state index in [1.807, 2.05) is 24.3 Å². The van der Waals surface area contributed by atoms with Gasteiger partial charge in [-0.3, -0.25) is 9.59 Å². The molecule has 0 saturated carbocycles. The molecule has 0 heterocycles. The van der Waals surface area contributed by atoms with E-state index < -0.39 is 0 Å². The van der Waals surface area contributed by atoms with Crippen molar-refractivity contribution in [3.63, 3.8) is 0 Å². The molecule has 5 heteroatoms. The Bertz CT molecular complexity index is 709. The van der Waals surface area contributed by atoms with Crippen molar-refractivity contribution in [3.8, 4) is 5.75 Å². The van der Waals surface area contributed by atoms with E-state index in [1.54, 1.807) is 31.4 Å². The van der Waals surface area contributed by atoms with E-state index in [0.717, 1.165) is 30.6 Å². The molecule has 0 saturated heterocycles. The van der Waals surface area contributed by atoms with E-state index in [-0.39, 0.29) is 11.8 Å². The monoisotopic (exact) mass is 354 g/mol. The summed E-state index contributed by atoms with van der Waals surface area (Å²) in [6.45, 7) is 3.24. The van der Waals surface area contributed by atoms with Crippen LogP contribution in [0.2, 0.25) is 0 Å². The Morgan fingerprint density at radius 2 is 1.42 bits per heavy atom. The average Bonchev–Trinajstić information content (AvgIpc) is 2.69. The third-order valence-electron chi connectivity index (χ3n) is 4.09. The standard InChI is InChI=1S/C21H26N2O3/c1-3-4-5-14-22-20(24)17-8-10-18(11-9-17)21(25)23-15-16-6-12-19(26-2)13-7-16/h6-13H,3-5,14-15H2,1-2H3,(H,22,24)(H,23,25). The van der Waals surface area contributed by atoms with Crippen LogP contribution in [0.15, 0.2) is 48.5 Å². The SMILES string of the molecule is CCCCCNC(=O)c1ccc(C(=O)NCc2ccc(OC)cc2)cc1. The van der Waals surface area contributed by atoms with Gasteiger partial charge in [0.25, 0.3) is 11.8 Å². The summed E-state index contributed by atoms with van der Waals surface area (Å²) < 4.78 is 5.11. The summed E-state index contributed by atoms with van der Waals surface area (Å²) in [5.41, 5.74) is 2.08. The van der Waals surface area contributed by atoms with Crippen LogP contribution in [0, 0.1) is 0 Å². The maximum atomic E-state index is 12.2. The molecule has 5 nitrogen and oxygen atoms in total. The van der Waals surface area contributed by atoms with Gasteiger partial charge in [-0.05, 0) is 48.4 Å². The highest BCUT2D eigenvalue weighted by Gasteiger charge is 2.08. The van der Waals surface area contributed by atoms with Gasteiger partial charge in [0, 0.05) is 24.2 Å². The largest absolute Gasteiger partial charge is 0.497 e. The molecule has 2 amide bonds. The first kappa shape index (κ1) is 19.5. The van der Waals surface area contributed by atoms with E-state index in [2.05, 4.69) is 17.6 Å². The number of amides is 2. The molecule has 0 aliphatic carbocycles. The molecule has 2 aromatic rings. The predicted molar refractivity (Wildman–Crippen MR) is 102 cm³/mol. The van der Waals surface area contributed by atoms with Crippen LogP contribution in [0.25, 0.3) is 0 Å². The lowest BCUT2D eigenvalue weighted by Gasteiger charge is -2.08. The number of hydrogen-bond acceptors (Lipinski definition) is 3. The van der Waals surface area contributed by atoms with E-state index in [4.69, 9.17) is 4.74 Å². The Balaban J connectivity index is 1.84. The summed E-state index contributed by atoms with van der Waals surface area (Å²) in [6, 6.07) is 14.2. The molecule has 0 radical (unpaired) electrons. The second-order valence-corrected chi connectivity index (χ2v) is 6.07. The second kappa shape index (κ2) is 10.2. The fraction of sp³-hybridized carbons (Fsp3) is 0.333. The van der Waals surface area contributed by atoms with Gasteiger partial charge in [0.1, 0.15) is 5.75 Å². The van der Waals surface area contributed by atoms with E-state index in [9.17, 15) is 9.59 Å². The Kier molecular flexibility index (Phi) is 7.68. The quantitative estimate of drug-likeness (QED) is 0.677. The fourth-order valence-corrected chi connectivity index (χ4v) is 2.48. The van der Waals surface area contributed by atoms with Crippen LogP contribution < -0.4 is 15.4 Å². The summed E-state index contributed by atoms with van der Waals surface area (Å²) in [4.78, 5) is 24.3. The first-order valence-electron chi connectivity index (χ1n) is 8.93. The Labute approximate surface area is 154 Å². The number of hydrogen-bond donors (Lipinski definition) is 2. The van der Waals surface area contributed by atoms with Crippen LogP contribution in [0.4, 0.5) is 0 Å². The number of benzene rings is 2. The number of carbonyl (C=O) groups is 2. The number of nitrogens with one attached hydrogen (secondary N) is 2. The van der Waals surface area contributed by atoms with Crippen LogP contribution in [-0.2, 0) is 6.54 Å². The van der Waals surface area contributed by atoms with Crippen molar-refractivity contribution < 1.29 is 14.3 Å². The minimum atomic E-state index is -0.171. The molecular weight excluding hydrogens is 328 g/mol. The Morgan fingerprint density at radius 3 is 1.96 bits per heavy atom. The maximum Gasteiger partial charge on any atom is 0.251 e. The van der Waals surface area contributed by atoms with Gasteiger partial charge in [-0.1, -0.05) is 31.9 Å². The first-order valence-corrected chi connectivity index (χ1v) is 8.93. The zero-order valence-electron chi connectivity index (χ0n) is 15.4. The second-order valence-electron chi connectivity index (χ2n) is 6.07. The zero-order valence-corrected chi connectivity index (χ0v) is 15.4. The van der Waals surface area contributed by atoms with Gasteiger partial charge in [-0.2, -0.15) is 0 Å². The van der Waals surface area contributed by atoms with Crippen molar-refractivity contribution >= 4 is 11.8 Å². The van der Waals surface area contributed by atoms with Gasteiger partial charge in [-0.15, -0.1) is 0 Å². The Morgan fingerprint density at radius 1 is 0.846 bits per heavy atom. The molecule has 0 spiro atoms. The molecule has 0 aromatic heterocycles. The van der Waals surface area contributed by atoms with Crippen molar-refractivity contribution in [2.75, 3.05) is 13.7 Å². The van der Waals surface area contributed by atoms with Crippen molar-refractivity contribution in [1.29, 1.82) is 0 Å². The molecule has 2 aromatic carbocycles. The third-order valence-corrected chi connectivity index (χ3v) is 4.09. The van der Waals surface area contributed by atoms with Crippen LogP contribution in [0.1, 0.15) is 52.5 Å². The summed E-state index contributed by atoms with van der Waals surface area (Å²) >= 11 is 0. The third kappa shape index (κ3) is 5.92. The van der Waals surface area contributed by atoms with Crippen molar-refractivity contribution in [3.05, 3.63) is 65.2 Å². The summed E-state index contributed by atoms with van der Waals surface area (Å²) in [7, 11) is 1.62. The highest BCUT2D eigenvalue weighted by molar-refractivity contribution is 5.97. The lowest BCUT2D eigenvalue weighted by Crippen LogP contribution is -2.25. The average molecular weight is 354 g/mol. The van der Waals surface area contributed by atoms with E-state index >= 15 is 0 Å². The minimum Gasteiger partial charge on any atom is -0.497 e.